The molecule has 2 aliphatic rings. The van der Waals surface area contributed by atoms with Crippen LogP contribution < -0.4 is 4.74 Å². The minimum absolute atomic E-state index is 0.00277. The Bertz CT molecular complexity index is 1330. The van der Waals surface area contributed by atoms with Crippen molar-refractivity contribution in [2.24, 2.45) is 5.92 Å². The van der Waals surface area contributed by atoms with Crippen molar-refractivity contribution in [2.75, 3.05) is 13.2 Å². The normalized spacial score (nSPS) is 21.6. The lowest BCUT2D eigenvalue weighted by atomic mass is 9.78. The number of hydrogen-bond acceptors (Lipinski definition) is 3. The molecule has 0 spiro atoms. The maximum Gasteiger partial charge on any atom is 0.200 e. The van der Waals surface area contributed by atoms with Gasteiger partial charge in [0, 0.05) is 22.3 Å². The van der Waals surface area contributed by atoms with Gasteiger partial charge in [-0.2, -0.15) is 4.39 Å². The van der Waals surface area contributed by atoms with Gasteiger partial charge >= 0.3 is 0 Å². The van der Waals surface area contributed by atoms with Crippen molar-refractivity contribution in [1.29, 1.82) is 0 Å². The van der Waals surface area contributed by atoms with E-state index < -0.39 is 41.3 Å². The van der Waals surface area contributed by atoms with Crippen LogP contribution in [0.4, 0.5) is 22.0 Å². The van der Waals surface area contributed by atoms with Crippen molar-refractivity contribution < 1.29 is 36.5 Å². The zero-order valence-corrected chi connectivity index (χ0v) is 21.7. The second-order valence-electron chi connectivity index (χ2n) is 10.5. The third-order valence-corrected chi connectivity index (χ3v) is 7.87. The summed E-state index contributed by atoms with van der Waals surface area (Å²) in [7, 11) is 0. The number of benzene rings is 3. The molecule has 1 saturated heterocycles. The highest BCUT2D eigenvalue weighted by Crippen LogP contribution is 2.40. The van der Waals surface area contributed by atoms with Crippen LogP contribution in [0.1, 0.15) is 80.3 Å². The first-order chi connectivity index (χ1) is 18.8. The molecule has 1 aliphatic carbocycles. The van der Waals surface area contributed by atoms with Crippen molar-refractivity contribution >= 4 is 0 Å². The predicted molar refractivity (Wildman–Crippen MR) is 137 cm³/mol. The Morgan fingerprint density at radius 1 is 0.872 bits per heavy atom. The highest BCUT2D eigenvalue weighted by atomic mass is 19.2. The topological polar surface area (TPSA) is 42.0 Å². The Hall–Kier alpha value is -2.97. The van der Waals surface area contributed by atoms with Gasteiger partial charge in [0.25, 0.3) is 0 Å². The van der Waals surface area contributed by atoms with E-state index in [4.69, 9.17) is 9.47 Å². The molecule has 0 radical (unpaired) electrons. The van der Waals surface area contributed by atoms with E-state index in [0.29, 0.717) is 19.4 Å². The molecular formula is C31H31F5O3. The Balaban J connectivity index is 1.19. The van der Waals surface area contributed by atoms with E-state index in [1.54, 1.807) is 6.07 Å². The Morgan fingerprint density at radius 3 is 2.26 bits per heavy atom. The zero-order valence-electron chi connectivity index (χ0n) is 21.7. The molecule has 2 atom stereocenters. The average Bonchev–Trinajstić information content (AvgIpc) is 3.77. The van der Waals surface area contributed by atoms with Crippen molar-refractivity contribution in [3.05, 3.63) is 88.2 Å². The highest BCUT2D eigenvalue weighted by molar-refractivity contribution is 5.66. The molecule has 1 aliphatic heterocycles. The summed E-state index contributed by atoms with van der Waals surface area (Å²) in [5.41, 5.74) is 0.734. The van der Waals surface area contributed by atoms with E-state index in [0.717, 1.165) is 31.2 Å². The third-order valence-electron chi connectivity index (χ3n) is 7.87. The quantitative estimate of drug-likeness (QED) is 0.217. The summed E-state index contributed by atoms with van der Waals surface area (Å²) < 4.78 is 83.7. The summed E-state index contributed by atoms with van der Waals surface area (Å²) in [5.74, 6) is -4.85. The van der Waals surface area contributed by atoms with Gasteiger partial charge in [0.2, 0.25) is 5.82 Å². The number of rotatable bonds is 9. The molecule has 1 heterocycles. The second kappa shape index (κ2) is 11.6. The second-order valence-corrected chi connectivity index (χ2v) is 10.5. The van der Waals surface area contributed by atoms with Gasteiger partial charge in [0.1, 0.15) is 11.9 Å². The summed E-state index contributed by atoms with van der Waals surface area (Å²) in [5, 5.41) is 10.0. The first kappa shape index (κ1) is 27.6. The number of halogens is 5. The standard InChI is InChI=1S/C31H31F5O3/c1-2-3-25(37)22-12-13-26(31(36)29(22)34)38-15-17-4-6-18(7-5-17)19-8-9-20(24(32)14-19)21-10-11-23(27-16-39-27)30(35)28(21)33/h8-14,17-18,25,27,37H,2-7,15-16H2,1H3. The number of aliphatic hydroxyl groups is 1. The fraction of sp³-hybridized carbons (Fsp3) is 0.419. The van der Waals surface area contributed by atoms with Gasteiger partial charge in [-0.15, -0.1) is 0 Å². The molecule has 2 unspecified atom stereocenters. The van der Waals surface area contributed by atoms with Crippen LogP contribution in [-0.4, -0.2) is 18.3 Å². The highest BCUT2D eigenvalue weighted by Gasteiger charge is 2.31. The third kappa shape index (κ3) is 5.82. The maximum atomic E-state index is 15.0. The molecule has 5 rings (SSSR count). The first-order valence-electron chi connectivity index (χ1n) is 13.5. The molecule has 8 heteroatoms. The molecule has 2 fully saturated rings. The summed E-state index contributed by atoms with van der Waals surface area (Å²) in [6.07, 6.45) is 2.51. The summed E-state index contributed by atoms with van der Waals surface area (Å²) in [6, 6.07) is 10.2. The molecule has 3 aromatic carbocycles. The van der Waals surface area contributed by atoms with E-state index >= 15 is 4.39 Å². The van der Waals surface area contributed by atoms with Gasteiger partial charge in [-0.05, 0) is 67.7 Å². The number of ether oxygens (including phenoxy) is 2. The smallest absolute Gasteiger partial charge is 0.200 e. The number of epoxide rings is 1. The molecule has 3 nitrogen and oxygen atoms in total. The molecule has 1 saturated carbocycles. The minimum atomic E-state index is -1.10. The van der Waals surface area contributed by atoms with E-state index in [2.05, 4.69) is 0 Å². The summed E-state index contributed by atoms with van der Waals surface area (Å²) in [4.78, 5) is 0. The SMILES string of the molecule is CCCC(O)c1ccc(OCC2CCC(c3ccc(-c4ccc(C5CO5)c(F)c4F)c(F)c3)CC2)c(F)c1F. The van der Waals surface area contributed by atoms with Gasteiger partial charge in [0.05, 0.1) is 19.3 Å². The van der Waals surface area contributed by atoms with Crippen LogP contribution in [0.3, 0.4) is 0 Å². The van der Waals surface area contributed by atoms with E-state index in [9.17, 15) is 22.7 Å². The van der Waals surface area contributed by atoms with Crippen molar-refractivity contribution in [2.45, 2.75) is 63.6 Å². The van der Waals surface area contributed by atoms with E-state index in [-0.39, 0.29) is 46.4 Å². The van der Waals surface area contributed by atoms with Crippen LogP contribution in [-0.2, 0) is 4.74 Å². The lowest BCUT2D eigenvalue weighted by Gasteiger charge is -2.29. The van der Waals surface area contributed by atoms with E-state index in [1.165, 1.54) is 36.4 Å². The fourth-order valence-electron chi connectivity index (χ4n) is 5.47. The molecule has 0 bridgehead atoms. The molecule has 39 heavy (non-hydrogen) atoms. The maximum absolute atomic E-state index is 15.0. The van der Waals surface area contributed by atoms with Gasteiger partial charge in [-0.3, -0.25) is 0 Å². The Kier molecular flexibility index (Phi) is 8.24. The van der Waals surface area contributed by atoms with Crippen LogP contribution in [0.2, 0.25) is 0 Å². The minimum Gasteiger partial charge on any atom is -0.490 e. The van der Waals surface area contributed by atoms with Gasteiger partial charge in [-0.1, -0.05) is 37.6 Å². The van der Waals surface area contributed by atoms with Gasteiger partial charge in [-0.25, -0.2) is 17.6 Å². The predicted octanol–water partition coefficient (Wildman–Crippen LogP) is 8.31. The zero-order chi connectivity index (χ0) is 27.7. The lowest BCUT2D eigenvalue weighted by Crippen LogP contribution is -2.20. The first-order valence-corrected chi connectivity index (χ1v) is 13.5. The molecule has 1 N–H and O–H groups in total. The largest absolute Gasteiger partial charge is 0.490 e. The molecule has 0 amide bonds. The van der Waals surface area contributed by atoms with Crippen LogP contribution in [0, 0.1) is 35.0 Å². The van der Waals surface area contributed by atoms with E-state index in [1.807, 2.05) is 6.92 Å². The van der Waals surface area contributed by atoms with Crippen molar-refractivity contribution in [1.82, 2.24) is 0 Å². The van der Waals surface area contributed by atoms with Crippen LogP contribution in [0.5, 0.6) is 5.75 Å². The van der Waals surface area contributed by atoms with Gasteiger partial charge < -0.3 is 14.6 Å². The van der Waals surface area contributed by atoms with Gasteiger partial charge in [0.15, 0.2) is 23.2 Å². The van der Waals surface area contributed by atoms with Crippen LogP contribution >= 0.6 is 0 Å². The Morgan fingerprint density at radius 2 is 1.59 bits per heavy atom. The lowest BCUT2D eigenvalue weighted by molar-refractivity contribution is 0.159. The molecule has 0 aromatic heterocycles. The monoisotopic (exact) mass is 546 g/mol. The van der Waals surface area contributed by atoms with Crippen molar-refractivity contribution in [3.8, 4) is 16.9 Å². The number of hydrogen-bond donors (Lipinski definition) is 1. The van der Waals surface area contributed by atoms with Crippen LogP contribution in [0.15, 0.2) is 42.5 Å². The summed E-state index contributed by atoms with van der Waals surface area (Å²) in [6.45, 7) is 2.42. The summed E-state index contributed by atoms with van der Waals surface area (Å²) >= 11 is 0. The fourth-order valence-corrected chi connectivity index (χ4v) is 5.47. The number of aliphatic hydroxyl groups excluding tert-OH is 1. The molecule has 208 valence electrons. The average molecular weight is 547 g/mol. The van der Waals surface area contributed by atoms with Crippen LogP contribution in [0.25, 0.3) is 11.1 Å². The Labute approximate surface area is 224 Å². The molecular weight excluding hydrogens is 515 g/mol. The molecule has 3 aromatic rings. The van der Waals surface area contributed by atoms with Crippen molar-refractivity contribution in [3.63, 3.8) is 0 Å².